The third-order valence-electron chi connectivity index (χ3n) is 13.7. The fraction of sp³-hybridized carbons (Fsp3) is 0.339. The molecule has 0 saturated carbocycles. The lowest BCUT2D eigenvalue weighted by Crippen LogP contribution is -2.36. The van der Waals surface area contributed by atoms with Crippen LogP contribution in [0.25, 0.3) is 45.0 Å². The molecule has 0 radical (unpaired) electrons. The monoisotopic (exact) mass is 1170 g/mol. The Morgan fingerprint density at radius 1 is 0.633 bits per heavy atom. The van der Waals surface area contributed by atoms with Crippen LogP contribution in [0.2, 0.25) is 0 Å². The summed E-state index contributed by atoms with van der Waals surface area (Å²) in [6.07, 6.45) is 11.5. The predicted octanol–water partition coefficient (Wildman–Crippen LogP) is 11.3. The van der Waals surface area contributed by atoms with E-state index in [1.807, 2.05) is 71.1 Å². The average molecular weight is 1170 g/mol. The molecule has 79 heavy (non-hydrogen) atoms. The number of rotatable bonds is 19. The second-order valence-electron chi connectivity index (χ2n) is 19.0. The summed E-state index contributed by atoms with van der Waals surface area (Å²) in [6.45, 7) is 7.05. The molecule has 10 rings (SSSR count). The first-order valence-corrected chi connectivity index (χ1v) is 31.4. The number of thiazole rings is 2. The Morgan fingerprint density at radius 2 is 1.05 bits per heavy atom. The van der Waals surface area contributed by atoms with E-state index in [4.69, 9.17) is 36.3 Å². The molecule has 416 valence electrons. The Labute approximate surface area is 472 Å². The van der Waals surface area contributed by atoms with E-state index in [1.54, 1.807) is 24.3 Å². The van der Waals surface area contributed by atoms with Crippen molar-refractivity contribution in [1.82, 2.24) is 37.3 Å². The van der Waals surface area contributed by atoms with Crippen molar-refractivity contribution in [1.29, 1.82) is 0 Å². The van der Waals surface area contributed by atoms with E-state index in [2.05, 4.69) is 35.0 Å². The number of aryl methyl sites for hydroxylation is 2. The first-order chi connectivity index (χ1) is 38.0. The number of sulfonamides is 2. The molecule has 0 unspecified atom stereocenters. The average Bonchev–Trinajstić information content (AvgIpc) is 4.51. The van der Waals surface area contributed by atoms with Crippen molar-refractivity contribution in [2.45, 2.75) is 59.3 Å². The molecule has 0 aliphatic carbocycles. The van der Waals surface area contributed by atoms with Gasteiger partial charge >= 0.3 is 5.97 Å². The highest BCUT2D eigenvalue weighted by Gasteiger charge is 2.28. The van der Waals surface area contributed by atoms with Crippen molar-refractivity contribution in [3.8, 4) is 22.5 Å². The molecule has 8 aromatic rings. The molecule has 0 bridgehead atoms. The molecular weight excluding hydrogens is 1110 g/mol. The highest BCUT2D eigenvalue weighted by Crippen LogP contribution is 2.37. The molecule has 0 atom stereocenters. The lowest BCUT2D eigenvalue weighted by Gasteiger charge is -2.26. The standard InChI is InChI=1S/C29H32FN5O4S2.C27H29ClFN5O2S2/c1-4-25-28(33(3)29-32-26(19-40-29)22-6-9-24(30)10-7-22)35-18-23(8-11-27(35)31-25)21-12-14-34(15-13-21)41(37,38)17-5-16-39-20(2)36;1-3-23-26(32(2)27-31-24(18-37-27)20-5-8-22(29)9-6-20)34-17-21(7-10-25(34)30-23)19-11-14-33(15-12-19)38(35,36)16-4-13-28/h6-12,18-19H,4-5,13-17H2,1-3H3;5-11,17-18H,3-4,12-16H2,1-2H3. The van der Waals surface area contributed by atoms with Crippen LogP contribution in [0.5, 0.6) is 0 Å². The number of benzene rings is 2. The van der Waals surface area contributed by atoms with Gasteiger partial charge in [0.05, 0.1) is 40.9 Å². The van der Waals surface area contributed by atoms with E-state index >= 15 is 0 Å². The molecule has 6 aromatic heterocycles. The summed E-state index contributed by atoms with van der Waals surface area (Å²) < 4.78 is 89.4. The topological polar surface area (TPSA) is 168 Å². The van der Waals surface area contributed by atoms with Gasteiger partial charge in [-0.3, -0.25) is 13.6 Å². The Balaban J connectivity index is 0.000000192. The second-order valence-corrected chi connectivity index (χ2v) is 25.2. The molecule has 2 aromatic carbocycles. The van der Waals surface area contributed by atoms with Gasteiger partial charge in [-0.05, 0) is 134 Å². The zero-order chi connectivity index (χ0) is 56.0. The minimum Gasteiger partial charge on any atom is -0.466 e. The number of hydrogen-bond acceptors (Lipinski definition) is 14. The maximum absolute atomic E-state index is 13.4. The molecule has 0 spiro atoms. The van der Waals surface area contributed by atoms with E-state index in [9.17, 15) is 30.4 Å². The molecule has 0 saturated heterocycles. The first-order valence-electron chi connectivity index (χ1n) is 25.9. The smallest absolute Gasteiger partial charge is 0.302 e. The predicted molar refractivity (Wildman–Crippen MR) is 313 cm³/mol. The van der Waals surface area contributed by atoms with Crippen LogP contribution in [-0.4, -0.2) is 124 Å². The Bertz CT molecular complexity index is 3770. The zero-order valence-corrected chi connectivity index (χ0v) is 48.5. The summed E-state index contributed by atoms with van der Waals surface area (Å²) >= 11 is 8.72. The fourth-order valence-corrected chi connectivity index (χ4v) is 14.3. The summed E-state index contributed by atoms with van der Waals surface area (Å²) in [5.41, 5.74) is 11.1. The Hall–Kier alpha value is -6.40. The van der Waals surface area contributed by atoms with E-state index in [-0.39, 0.29) is 36.2 Å². The molecule has 2 aliphatic rings. The van der Waals surface area contributed by atoms with Crippen LogP contribution < -0.4 is 9.80 Å². The number of alkyl halides is 1. The molecule has 8 heterocycles. The van der Waals surface area contributed by atoms with Gasteiger partial charge in [-0.15, -0.1) is 34.3 Å². The van der Waals surface area contributed by atoms with Crippen molar-refractivity contribution in [3.63, 3.8) is 0 Å². The van der Waals surface area contributed by atoms with Crippen molar-refractivity contribution < 1.29 is 35.1 Å². The molecule has 2 aliphatic heterocycles. The quantitative estimate of drug-likeness (QED) is 0.0427. The van der Waals surface area contributed by atoms with E-state index < -0.39 is 26.0 Å². The number of fused-ring (bicyclic) bond motifs is 2. The molecular formula is C56H61ClF2N10O6S4. The van der Waals surface area contributed by atoms with Crippen LogP contribution in [-0.2, 0) is 42.4 Å². The number of carbonyl (C=O) groups is 1. The third kappa shape index (κ3) is 13.1. The number of nitrogens with zero attached hydrogens (tertiary/aromatic N) is 10. The van der Waals surface area contributed by atoms with Crippen LogP contribution in [0, 0.1) is 11.6 Å². The van der Waals surface area contributed by atoms with Crippen molar-refractivity contribution in [2.24, 2.45) is 0 Å². The highest BCUT2D eigenvalue weighted by molar-refractivity contribution is 7.89. The maximum Gasteiger partial charge on any atom is 0.302 e. The van der Waals surface area contributed by atoms with Gasteiger partial charge in [-0.25, -0.2) is 45.6 Å². The van der Waals surface area contributed by atoms with Gasteiger partial charge in [0.25, 0.3) is 0 Å². The highest BCUT2D eigenvalue weighted by atomic mass is 35.5. The van der Waals surface area contributed by atoms with Gasteiger partial charge in [-0.1, -0.05) is 26.0 Å². The lowest BCUT2D eigenvalue weighted by atomic mass is 10.0. The number of esters is 1. The Kier molecular flexibility index (Phi) is 18.1. The maximum atomic E-state index is 13.4. The summed E-state index contributed by atoms with van der Waals surface area (Å²) in [7, 11) is -2.79. The number of ether oxygens (including phenoxy) is 1. The summed E-state index contributed by atoms with van der Waals surface area (Å²) in [4.78, 5) is 34.3. The number of pyridine rings is 2. The molecule has 0 N–H and O–H groups in total. The van der Waals surface area contributed by atoms with E-state index in [1.165, 1.54) is 62.5 Å². The molecule has 0 amide bonds. The Morgan fingerprint density at radius 3 is 1.43 bits per heavy atom. The number of anilines is 4. The molecule has 23 heteroatoms. The van der Waals surface area contributed by atoms with Gasteiger partial charge in [-0.2, -0.15) is 8.61 Å². The van der Waals surface area contributed by atoms with Crippen molar-refractivity contribution in [2.75, 3.05) is 74.1 Å². The number of carbonyl (C=O) groups excluding carboxylic acids is 1. The minimum absolute atomic E-state index is 0.0560. The largest absolute Gasteiger partial charge is 0.466 e. The van der Waals surface area contributed by atoms with Crippen LogP contribution in [0.15, 0.2) is 108 Å². The second kappa shape index (κ2) is 24.9. The van der Waals surface area contributed by atoms with Crippen LogP contribution >= 0.6 is 34.3 Å². The number of aromatic nitrogens is 6. The van der Waals surface area contributed by atoms with Crippen LogP contribution in [0.1, 0.15) is 69.0 Å². The van der Waals surface area contributed by atoms with Crippen molar-refractivity contribution >= 4 is 105 Å². The van der Waals surface area contributed by atoms with Gasteiger partial charge in [0, 0.05) is 87.4 Å². The summed E-state index contributed by atoms with van der Waals surface area (Å²) in [5.74, 6) is 1.24. The first kappa shape index (κ1) is 57.3. The fourth-order valence-electron chi connectivity index (χ4n) is 9.53. The number of hydrogen-bond donors (Lipinski definition) is 0. The third-order valence-corrected chi connectivity index (χ3v) is 19.7. The van der Waals surface area contributed by atoms with Crippen LogP contribution in [0.3, 0.4) is 0 Å². The zero-order valence-electron chi connectivity index (χ0n) is 44.5. The molecule has 16 nitrogen and oxygen atoms in total. The van der Waals surface area contributed by atoms with Crippen LogP contribution in [0.4, 0.5) is 30.7 Å². The summed E-state index contributed by atoms with van der Waals surface area (Å²) in [6, 6.07) is 20.7. The molecule has 0 fully saturated rings. The van der Waals surface area contributed by atoms with Crippen molar-refractivity contribution in [3.05, 3.63) is 142 Å². The number of halogens is 3. The van der Waals surface area contributed by atoms with E-state index in [0.717, 1.165) is 102 Å². The normalized spacial score (nSPS) is 14.5. The number of imidazole rings is 2. The minimum atomic E-state index is -3.44. The summed E-state index contributed by atoms with van der Waals surface area (Å²) in [5, 5.41) is 5.53. The van der Waals surface area contributed by atoms with Gasteiger partial charge in [0.15, 0.2) is 10.3 Å². The van der Waals surface area contributed by atoms with Gasteiger partial charge < -0.3 is 14.5 Å². The van der Waals surface area contributed by atoms with Gasteiger partial charge in [0.1, 0.15) is 34.6 Å². The van der Waals surface area contributed by atoms with Gasteiger partial charge in [0.2, 0.25) is 20.0 Å². The SMILES string of the molecule is CCc1nc2ccc(C3=CCN(S(=O)(=O)CCCCl)CC3)cn2c1N(C)c1nc(-c2ccc(F)cc2)cs1.CCc1nc2ccc(C3=CCN(S(=O)(=O)CCCOC(C)=O)CC3)cn2c1N(C)c1nc(-c2ccc(F)cc2)cs1. The lowest BCUT2D eigenvalue weighted by molar-refractivity contribution is -0.140. The van der Waals surface area contributed by atoms with E-state index in [0.29, 0.717) is 51.3 Å².